The number of aliphatic hydroxyl groups is 1. The highest BCUT2D eigenvalue weighted by Crippen LogP contribution is 2.23. The van der Waals surface area contributed by atoms with Crippen LogP contribution in [0.5, 0.6) is 0 Å². The van der Waals surface area contributed by atoms with Gasteiger partial charge in [0.25, 0.3) is 0 Å². The van der Waals surface area contributed by atoms with Gasteiger partial charge in [-0.3, -0.25) is 4.68 Å². The van der Waals surface area contributed by atoms with Crippen LogP contribution in [-0.4, -0.2) is 21.0 Å². The maximum Gasteiger partial charge on any atom is 0.0766 e. The summed E-state index contributed by atoms with van der Waals surface area (Å²) in [6, 6.07) is 8.06. The first-order chi connectivity index (χ1) is 9.51. The van der Waals surface area contributed by atoms with Gasteiger partial charge >= 0.3 is 0 Å². The topological polar surface area (TPSA) is 38.0 Å². The van der Waals surface area contributed by atoms with E-state index < -0.39 is 6.10 Å². The number of hydrogen-bond acceptors (Lipinski definition) is 2. The quantitative estimate of drug-likeness (QED) is 0.830. The first-order valence-corrected chi connectivity index (χ1v) is 8.22. The van der Waals surface area contributed by atoms with Gasteiger partial charge in [-0.1, -0.05) is 35.0 Å². The summed E-state index contributed by atoms with van der Waals surface area (Å²) in [5, 5.41) is 14.7. The molecule has 0 saturated heterocycles. The summed E-state index contributed by atoms with van der Waals surface area (Å²) in [5.74, 6) is 0. The predicted octanol–water partition coefficient (Wildman–Crippen LogP) is 3.65. The summed E-state index contributed by atoms with van der Waals surface area (Å²) in [6.45, 7) is 2.08. The van der Waals surface area contributed by atoms with Crippen LogP contribution in [0.1, 0.15) is 23.9 Å². The number of aliphatic hydroxyl groups excluding tert-OH is 1. The van der Waals surface area contributed by atoms with Crippen molar-refractivity contribution in [2.45, 2.75) is 32.3 Å². The average Bonchev–Trinajstić information content (AvgIpc) is 2.69. The van der Waals surface area contributed by atoms with E-state index in [0.717, 1.165) is 32.3 Å². The number of aromatic nitrogens is 2. The molecule has 0 bridgehead atoms. The summed E-state index contributed by atoms with van der Waals surface area (Å²) in [4.78, 5) is 0. The Bertz CT molecular complexity index is 578. The molecule has 0 radical (unpaired) electrons. The highest BCUT2D eigenvalue weighted by atomic mass is 79.9. The third-order valence-corrected chi connectivity index (χ3v) is 4.76. The third-order valence-electron chi connectivity index (χ3n) is 3.32. The van der Waals surface area contributed by atoms with E-state index in [-0.39, 0.29) is 0 Å². The van der Waals surface area contributed by atoms with Gasteiger partial charge in [-0.05, 0) is 46.5 Å². The molecule has 0 spiro atoms. The van der Waals surface area contributed by atoms with Gasteiger partial charge in [-0.25, -0.2) is 0 Å². The van der Waals surface area contributed by atoms with Crippen molar-refractivity contribution in [3.05, 3.63) is 50.2 Å². The molecule has 2 rings (SSSR count). The molecule has 1 heterocycles. The summed E-state index contributed by atoms with van der Waals surface area (Å²) < 4.78 is 3.93. The molecule has 3 nitrogen and oxygen atoms in total. The van der Waals surface area contributed by atoms with Gasteiger partial charge in [0.1, 0.15) is 0 Å². The number of benzene rings is 1. The Kier molecular flexibility index (Phi) is 5.41. The molecule has 1 unspecified atom stereocenters. The van der Waals surface area contributed by atoms with Crippen LogP contribution in [0.15, 0.2) is 33.2 Å². The van der Waals surface area contributed by atoms with E-state index in [4.69, 9.17) is 0 Å². The van der Waals surface area contributed by atoms with Crippen molar-refractivity contribution < 1.29 is 5.11 Å². The lowest BCUT2D eigenvalue weighted by Crippen LogP contribution is -2.16. The highest BCUT2D eigenvalue weighted by molar-refractivity contribution is 9.10. The first-order valence-electron chi connectivity index (χ1n) is 6.64. The van der Waals surface area contributed by atoms with Gasteiger partial charge < -0.3 is 5.11 Å². The fourth-order valence-corrected chi connectivity index (χ4v) is 3.27. The van der Waals surface area contributed by atoms with Crippen LogP contribution in [-0.2, 0) is 26.3 Å². The summed E-state index contributed by atoms with van der Waals surface area (Å²) >= 11 is 7.00. The second kappa shape index (κ2) is 6.87. The van der Waals surface area contributed by atoms with Gasteiger partial charge in [0.2, 0.25) is 0 Å². The van der Waals surface area contributed by atoms with Crippen LogP contribution >= 0.6 is 31.9 Å². The minimum atomic E-state index is -0.410. The van der Waals surface area contributed by atoms with Crippen molar-refractivity contribution in [3.63, 3.8) is 0 Å². The maximum absolute atomic E-state index is 10.3. The number of rotatable bonds is 5. The van der Waals surface area contributed by atoms with E-state index in [0.29, 0.717) is 12.8 Å². The molecule has 0 fully saturated rings. The smallest absolute Gasteiger partial charge is 0.0766 e. The van der Waals surface area contributed by atoms with Crippen molar-refractivity contribution in [3.8, 4) is 0 Å². The average molecular weight is 402 g/mol. The molecule has 1 N–H and O–H groups in total. The van der Waals surface area contributed by atoms with Crippen molar-refractivity contribution in [2.24, 2.45) is 7.05 Å². The molecule has 0 aliphatic carbocycles. The van der Waals surface area contributed by atoms with Gasteiger partial charge in [0.15, 0.2) is 0 Å². The van der Waals surface area contributed by atoms with Crippen LogP contribution in [0.2, 0.25) is 0 Å². The van der Waals surface area contributed by atoms with E-state index in [1.807, 2.05) is 36.0 Å². The molecule has 1 atom stereocenters. The zero-order chi connectivity index (χ0) is 14.7. The molecule has 0 amide bonds. The van der Waals surface area contributed by atoms with Crippen LogP contribution < -0.4 is 0 Å². The first kappa shape index (κ1) is 15.7. The molecule has 1 aromatic carbocycles. The predicted molar refractivity (Wildman–Crippen MR) is 87.8 cm³/mol. The Morgan fingerprint density at radius 2 is 1.85 bits per heavy atom. The highest BCUT2D eigenvalue weighted by Gasteiger charge is 2.16. The van der Waals surface area contributed by atoms with Crippen LogP contribution in [0.3, 0.4) is 0 Å². The second-order valence-electron chi connectivity index (χ2n) is 4.87. The molecular formula is C15H18Br2N2O. The molecule has 108 valence electrons. The molecule has 0 saturated carbocycles. The zero-order valence-electron chi connectivity index (χ0n) is 11.6. The van der Waals surface area contributed by atoms with E-state index in [9.17, 15) is 5.11 Å². The fourth-order valence-electron chi connectivity index (χ4n) is 2.23. The van der Waals surface area contributed by atoms with Crippen molar-refractivity contribution in [2.75, 3.05) is 0 Å². The lowest BCUT2D eigenvalue weighted by Gasteiger charge is -2.11. The van der Waals surface area contributed by atoms with Crippen molar-refractivity contribution in [1.29, 1.82) is 0 Å². The fraction of sp³-hybridized carbons (Fsp3) is 0.400. The minimum absolute atomic E-state index is 0.410. The molecule has 1 aromatic heterocycles. The number of hydrogen-bond donors (Lipinski definition) is 1. The Hall–Kier alpha value is -0.650. The number of nitrogens with zero attached hydrogens (tertiary/aromatic N) is 2. The van der Waals surface area contributed by atoms with E-state index in [1.165, 1.54) is 0 Å². The third kappa shape index (κ3) is 3.71. The molecule has 0 aliphatic heterocycles. The Labute approximate surface area is 136 Å². The standard InChI is InChI=1S/C15H18Br2N2O/c1-3-13-15(17)14(19(2)18-13)9-12(20)8-10-4-6-11(16)7-5-10/h4-7,12,20H,3,8-9H2,1-2H3. The largest absolute Gasteiger partial charge is 0.392 e. The summed E-state index contributed by atoms with van der Waals surface area (Å²) in [5.41, 5.74) is 3.22. The van der Waals surface area contributed by atoms with Crippen LogP contribution in [0, 0.1) is 0 Å². The summed E-state index contributed by atoms with van der Waals surface area (Å²) in [6.07, 6.45) is 1.72. The molecule has 5 heteroatoms. The minimum Gasteiger partial charge on any atom is -0.392 e. The van der Waals surface area contributed by atoms with E-state index in [2.05, 4.69) is 43.9 Å². The van der Waals surface area contributed by atoms with E-state index >= 15 is 0 Å². The number of aryl methyl sites for hydroxylation is 2. The molecule has 2 aromatic rings. The normalized spacial score (nSPS) is 12.7. The monoisotopic (exact) mass is 400 g/mol. The maximum atomic E-state index is 10.3. The SMILES string of the molecule is CCc1nn(C)c(CC(O)Cc2ccc(Br)cc2)c1Br. The molecule has 0 aliphatic rings. The Morgan fingerprint density at radius 3 is 2.40 bits per heavy atom. The number of halogens is 2. The lowest BCUT2D eigenvalue weighted by molar-refractivity contribution is 0.172. The summed E-state index contributed by atoms with van der Waals surface area (Å²) in [7, 11) is 1.92. The van der Waals surface area contributed by atoms with Crippen molar-refractivity contribution >= 4 is 31.9 Å². The second-order valence-corrected chi connectivity index (χ2v) is 6.58. The van der Waals surface area contributed by atoms with Gasteiger partial charge in [0, 0.05) is 17.9 Å². The molecular weight excluding hydrogens is 384 g/mol. The Balaban J connectivity index is 2.06. The lowest BCUT2D eigenvalue weighted by atomic mass is 10.0. The van der Waals surface area contributed by atoms with Gasteiger partial charge in [-0.15, -0.1) is 0 Å². The van der Waals surface area contributed by atoms with Crippen LogP contribution in [0.25, 0.3) is 0 Å². The van der Waals surface area contributed by atoms with Crippen molar-refractivity contribution in [1.82, 2.24) is 9.78 Å². The van der Waals surface area contributed by atoms with Crippen LogP contribution in [0.4, 0.5) is 0 Å². The van der Waals surface area contributed by atoms with Gasteiger partial charge in [-0.2, -0.15) is 5.10 Å². The van der Waals surface area contributed by atoms with Gasteiger partial charge in [0.05, 0.1) is 22.0 Å². The Morgan fingerprint density at radius 1 is 1.20 bits per heavy atom. The molecule has 20 heavy (non-hydrogen) atoms. The van der Waals surface area contributed by atoms with E-state index in [1.54, 1.807) is 0 Å². The zero-order valence-corrected chi connectivity index (χ0v) is 14.8.